The van der Waals surface area contributed by atoms with Gasteiger partial charge in [0.15, 0.2) is 5.13 Å². The molecule has 0 aliphatic rings. The van der Waals surface area contributed by atoms with Crippen molar-refractivity contribution in [3.05, 3.63) is 124 Å². The molecule has 5 aromatic rings. The van der Waals surface area contributed by atoms with E-state index >= 15 is 0 Å². The number of aromatic nitrogens is 1. The second kappa shape index (κ2) is 16.3. The van der Waals surface area contributed by atoms with Crippen molar-refractivity contribution < 1.29 is 23.9 Å². The number of nitrogens with zero attached hydrogens (tertiary/aromatic N) is 1. The van der Waals surface area contributed by atoms with Crippen LogP contribution in [0.4, 0.5) is 10.8 Å². The van der Waals surface area contributed by atoms with Crippen molar-refractivity contribution >= 4 is 73.6 Å². The zero-order chi connectivity index (χ0) is 34.0. The summed E-state index contributed by atoms with van der Waals surface area (Å²) >= 11 is 6.13. The van der Waals surface area contributed by atoms with Gasteiger partial charge in [-0.15, -0.1) is 23.1 Å². The number of nitrogens with one attached hydrogen (secondary N) is 3. The Bertz CT molecular complexity index is 1950. The number of carbonyl (C=O) groups is 3. The van der Waals surface area contributed by atoms with E-state index in [1.165, 1.54) is 30.2 Å². The first kappa shape index (κ1) is 34.4. The average Bonchev–Trinajstić information content (AvgIpc) is 3.57. The fourth-order valence-electron chi connectivity index (χ4n) is 4.43. The monoisotopic (exact) mass is 742 g/mol. The standard InChI is InChI=1S/C36H31BrN4O5S2/c1-22(33(42)41-36-40-31(21-47-36)23-12-15-26(37)16-13-23)48-29-11-7-10-27(19-29)38-35(44)30(39-34(43)24-8-5-4-6-9-24)18-25-14-17-28(45-2)20-32(25)46-3/h4-22H,1-3H3,(H,38,44)(H,39,43)(H,40,41,42)/b30-18+. The van der Waals surface area contributed by atoms with Crippen LogP contribution in [0.3, 0.4) is 0 Å². The van der Waals surface area contributed by atoms with E-state index < -0.39 is 17.1 Å². The molecule has 0 saturated heterocycles. The van der Waals surface area contributed by atoms with Crippen LogP contribution in [0, 0.1) is 0 Å². The molecule has 0 aliphatic heterocycles. The number of amides is 3. The number of carbonyl (C=O) groups excluding carboxylic acids is 3. The zero-order valence-electron chi connectivity index (χ0n) is 26.2. The van der Waals surface area contributed by atoms with Crippen LogP contribution in [-0.4, -0.2) is 42.2 Å². The molecule has 5 rings (SSSR count). The number of anilines is 2. The number of methoxy groups -OCH3 is 2. The molecule has 1 unspecified atom stereocenters. The van der Waals surface area contributed by atoms with Gasteiger partial charge in [-0.3, -0.25) is 14.4 Å². The first-order chi connectivity index (χ1) is 23.2. The van der Waals surface area contributed by atoms with Crippen LogP contribution in [0.15, 0.2) is 118 Å². The minimum atomic E-state index is -0.546. The number of thioether (sulfide) groups is 1. The molecule has 0 bridgehead atoms. The quantitative estimate of drug-likeness (QED) is 0.0873. The number of hydrogen-bond acceptors (Lipinski definition) is 8. The Hall–Kier alpha value is -4.91. The van der Waals surface area contributed by atoms with Gasteiger partial charge in [0, 0.05) is 43.2 Å². The summed E-state index contributed by atoms with van der Waals surface area (Å²) in [4.78, 5) is 45.1. The van der Waals surface area contributed by atoms with E-state index in [0.717, 1.165) is 20.6 Å². The zero-order valence-corrected chi connectivity index (χ0v) is 29.4. The molecule has 1 atom stereocenters. The van der Waals surface area contributed by atoms with Crippen molar-refractivity contribution in [2.45, 2.75) is 17.1 Å². The molecule has 1 heterocycles. The molecule has 9 nitrogen and oxygen atoms in total. The predicted octanol–water partition coefficient (Wildman–Crippen LogP) is 8.12. The summed E-state index contributed by atoms with van der Waals surface area (Å²) in [5.74, 6) is -0.152. The van der Waals surface area contributed by atoms with E-state index in [0.29, 0.717) is 33.4 Å². The van der Waals surface area contributed by atoms with Crippen molar-refractivity contribution in [2.24, 2.45) is 0 Å². The molecule has 0 spiro atoms. The van der Waals surface area contributed by atoms with Crippen LogP contribution in [0.2, 0.25) is 0 Å². The number of hydrogen-bond donors (Lipinski definition) is 3. The summed E-state index contributed by atoms with van der Waals surface area (Å²) in [6.07, 6.45) is 1.54. The van der Waals surface area contributed by atoms with E-state index in [-0.39, 0.29) is 11.6 Å². The Morgan fingerprint density at radius 2 is 1.67 bits per heavy atom. The van der Waals surface area contributed by atoms with E-state index in [9.17, 15) is 14.4 Å². The summed E-state index contributed by atoms with van der Waals surface area (Å²) < 4.78 is 11.8. The SMILES string of the molecule is COc1ccc(/C=C(/NC(=O)c2ccccc2)C(=O)Nc2cccc(SC(C)C(=O)Nc3nc(-c4ccc(Br)cc4)cs3)c2)c(OC)c1. The van der Waals surface area contributed by atoms with Crippen molar-refractivity contribution in [1.82, 2.24) is 10.3 Å². The van der Waals surface area contributed by atoms with Crippen molar-refractivity contribution in [1.29, 1.82) is 0 Å². The van der Waals surface area contributed by atoms with Crippen LogP contribution in [0.25, 0.3) is 17.3 Å². The summed E-state index contributed by atoms with van der Waals surface area (Å²) in [6, 6.07) is 28.7. The lowest BCUT2D eigenvalue weighted by molar-refractivity contribution is -0.115. The Kier molecular flexibility index (Phi) is 11.7. The van der Waals surface area contributed by atoms with Crippen LogP contribution in [0.1, 0.15) is 22.8 Å². The van der Waals surface area contributed by atoms with Crippen molar-refractivity contribution in [3.63, 3.8) is 0 Å². The van der Waals surface area contributed by atoms with Gasteiger partial charge < -0.3 is 25.4 Å². The molecular weight excluding hydrogens is 712 g/mol. The number of rotatable bonds is 12. The third-order valence-electron chi connectivity index (χ3n) is 6.92. The average molecular weight is 744 g/mol. The minimum Gasteiger partial charge on any atom is -0.497 e. The van der Waals surface area contributed by atoms with E-state index in [1.54, 1.807) is 86.8 Å². The molecule has 1 aromatic heterocycles. The Morgan fingerprint density at radius 3 is 2.40 bits per heavy atom. The van der Waals surface area contributed by atoms with Gasteiger partial charge in [-0.2, -0.15) is 0 Å². The molecule has 0 radical (unpaired) electrons. The van der Waals surface area contributed by atoms with Gasteiger partial charge in [0.25, 0.3) is 11.8 Å². The summed E-state index contributed by atoms with van der Waals surface area (Å²) in [7, 11) is 3.06. The first-order valence-electron chi connectivity index (χ1n) is 14.6. The van der Waals surface area contributed by atoms with Crippen LogP contribution in [-0.2, 0) is 9.59 Å². The Balaban J connectivity index is 1.29. The molecule has 4 aromatic carbocycles. The third-order valence-corrected chi connectivity index (χ3v) is 9.30. The van der Waals surface area contributed by atoms with E-state index in [4.69, 9.17) is 9.47 Å². The second-order valence-electron chi connectivity index (χ2n) is 10.3. The summed E-state index contributed by atoms with van der Waals surface area (Å²) in [5, 5.41) is 10.5. The summed E-state index contributed by atoms with van der Waals surface area (Å²) in [6.45, 7) is 1.80. The number of ether oxygens (including phenoxy) is 2. The second-order valence-corrected chi connectivity index (χ2v) is 13.5. The lowest BCUT2D eigenvalue weighted by atomic mass is 10.1. The Morgan fingerprint density at radius 1 is 0.896 bits per heavy atom. The highest BCUT2D eigenvalue weighted by molar-refractivity contribution is 9.10. The van der Waals surface area contributed by atoms with Gasteiger partial charge in [0.05, 0.1) is 25.2 Å². The van der Waals surface area contributed by atoms with Crippen LogP contribution in [0.5, 0.6) is 11.5 Å². The molecule has 0 saturated carbocycles. The maximum absolute atomic E-state index is 13.6. The van der Waals surface area contributed by atoms with Crippen LogP contribution >= 0.6 is 39.0 Å². The molecule has 0 aliphatic carbocycles. The fraction of sp³-hybridized carbons (Fsp3) is 0.111. The first-order valence-corrected chi connectivity index (χ1v) is 17.2. The van der Waals surface area contributed by atoms with E-state index in [2.05, 4.69) is 36.9 Å². The maximum Gasteiger partial charge on any atom is 0.272 e. The molecule has 3 amide bonds. The molecule has 244 valence electrons. The van der Waals surface area contributed by atoms with Gasteiger partial charge in [-0.1, -0.05) is 52.3 Å². The highest BCUT2D eigenvalue weighted by Gasteiger charge is 2.19. The molecule has 12 heteroatoms. The topological polar surface area (TPSA) is 119 Å². The molecule has 0 fully saturated rings. The molecular formula is C36H31BrN4O5S2. The van der Waals surface area contributed by atoms with Gasteiger partial charge >= 0.3 is 0 Å². The van der Waals surface area contributed by atoms with Gasteiger partial charge in [0.1, 0.15) is 17.2 Å². The van der Waals surface area contributed by atoms with Crippen LogP contribution < -0.4 is 25.4 Å². The fourth-order valence-corrected chi connectivity index (χ4v) is 6.34. The van der Waals surface area contributed by atoms with Crippen molar-refractivity contribution in [3.8, 4) is 22.8 Å². The maximum atomic E-state index is 13.6. The van der Waals surface area contributed by atoms with Gasteiger partial charge in [-0.25, -0.2) is 4.98 Å². The van der Waals surface area contributed by atoms with Gasteiger partial charge in [0.2, 0.25) is 5.91 Å². The number of halogens is 1. The molecule has 48 heavy (non-hydrogen) atoms. The highest BCUT2D eigenvalue weighted by Crippen LogP contribution is 2.30. The smallest absolute Gasteiger partial charge is 0.272 e. The molecule has 3 N–H and O–H groups in total. The van der Waals surface area contributed by atoms with E-state index in [1.807, 2.05) is 35.7 Å². The van der Waals surface area contributed by atoms with Gasteiger partial charge in [-0.05, 0) is 67.6 Å². The highest BCUT2D eigenvalue weighted by atomic mass is 79.9. The number of thiazole rings is 1. The third kappa shape index (κ3) is 9.12. The number of benzene rings is 4. The largest absolute Gasteiger partial charge is 0.497 e. The summed E-state index contributed by atoms with van der Waals surface area (Å²) in [5.41, 5.74) is 3.18. The lowest BCUT2D eigenvalue weighted by Crippen LogP contribution is -2.30. The lowest BCUT2D eigenvalue weighted by Gasteiger charge is -2.14. The minimum absolute atomic E-state index is 0.00377. The normalized spacial score (nSPS) is 11.7. The Labute approximate surface area is 294 Å². The predicted molar refractivity (Wildman–Crippen MR) is 196 cm³/mol. The van der Waals surface area contributed by atoms with Crippen molar-refractivity contribution in [2.75, 3.05) is 24.9 Å².